The average Bonchev–Trinajstić information content (AvgIpc) is 2.99. The van der Waals surface area contributed by atoms with Crippen LogP contribution in [0.15, 0.2) is 36.4 Å². The Morgan fingerprint density at radius 2 is 1.78 bits per heavy atom. The summed E-state index contributed by atoms with van der Waals surface area (Å²) >= 11 is 0. The van der Waals surface area contributed by atoms with Crippen LogP contribution in [0.5, 0.6) is 0 Å². The molecule has 1 saturated carbocycles. The summed E-state index contributed by atoms with van der Waals surface area (Å²) in [6.45, 7) is 4.23. The smallest absolute Gasteiger partial charge is 0.227 e. The maximum Gasteiger partial charge on any atom is 0.227 e. The minimum absolute atomic E-state index is 0.163. The summed E-state index contributed by atoms with van der Waals surface area (Å²) in [6, 6.07) is 12.4. The Kier molecular flexibility index (Phi) is 4.73. The average molecular weight is 361 g/mol. The number of anilines is 1. The van der Waals surface area contributed by atoms with Gasteiger partial charge in [-0.15, -0.1) is 0 Å². The fraction of sp³-hybridized carbons (Fsp3) is 0.391. The maximum atomic E-state index is 12.4. The van der Waals surface area contributed by atoms with Crippen molar-refractivity contribution < 1.29 is 4.79 Å². The minimum atomic E-state index is 0.163. The Hall–Kier alpha value is -2.62. The van der Waals surface area contributed by atoms with Crippen LogP contribution < -0.4 is 5.32 Å². The van der Waals surface area contributed by atoms with Crippen molar-refractivity contribution in [1.82, 2.24) is 9.55 Å². The van der Waals surface area contributed by atoms with Gasteiger partial charge in [0.25, 0.3) is 0 Å². The molecule has 1 fully saturated rings. The van der Waals surface area contributed by atoms with E-state index in [9.17, 15) is 4.79 Å². The first kappa shape index (κ1) is 17.8. The molecule has 1 aliphatic carbocycles. The van der Waals surface area contributed by atoms with Crippen LogP contribution in [0, 0.1) is 19.8 Å². The number of amides is 1. The quantitative estimate of drug-likeness (QED) is 0.681. The van der Waals surface area contributed by atoms with Gasteiger partial charge in [0.1, 0.15) is 5.82 Å². The van der Waals surface area contributed by atoms with Crippen LogP contribution in [0.4, 0.5) is 5.69 Å². The molecule has 4 rings (SSSR count). The number of hydrogen-bond donors (Lipinski definition) is 1. The van der Waals surface area contributed by atoms with Crippen LogP contribution in [0.3, 0.4) is 0 Å². The molecule has 3 aromatic rings. The van der Waals surface area contributed by atoms with Crippen LogP contribution in [0.1, 0.15) is 43.2 Å². The summed E-state index contributed by atoms with van der Waals surface area (Å²) in [4.78, 5) is 17.3. The lowest BCUT2D eigenvalue weighted by Crippen LogP contribution is -2.24. The molecule has 4 nitrogen and oxygen atoms in total. The highest BCUT2D eigenvalue weighted by molar-refractivity contribution is 5.93. The molecular weight excluding hydrogens is 334 g/mol. The van der Waals surface area contributed by atoms with E-state index in [2.05, 4.69) is 42.9 Å². The summed E-state index contributed by atoms with van der Waals surface area (Å²) in [7, 11) is 2.06. The normalized spacial score (nSPS) is 15.2. The number of nitrogens with zero attached hydrogens (tertiary/aromatic N) is 2. The molecule has 0 spiro atoms. The van der Waals surface area contributed by atoms with Crippen molar-refractivity contribution in [3.05, 3.63) is 47.5 Å². The van der Waals surface area contributed by atoms with Crippen molar-refractivity contribution in [2.75, 3.05) is 5.32 Å². The summed E-state index contributed by atoms with van der Waals surface area (Å²) < 4.78 is 2.15. The Bertz CT molecular complexity index is 979. The van der Waals surface area contributed by atoms with E-state index in [1.54, 1.807) is 0 Å². The molecule has 0 bridgehead atoms. The van der Waals surface area contributed by atoms with Gasteiger partial charge < -0.3 is 9.88 Å². The first-order chi connectivity index (χ1) is 13.0. The van der Waals surface area contributed by atoms with Crippen LogP contribution in [0.2, 0.25) is 0 Å². The molecule has 1 amide bonds. The number of carbonyl (C=O) groups excluding carboxylic acids is 1. The number of hydrogen-bond acceptors (Lipinski definition) is 2. The molecule has 1 aliphatic rings. The fourth-order valence-electron chi connectivity index (χ4n) is 4.32. The lowest BCUT2D eigenvalue weighted by molar-refractivity contribution is -0.120. The molecule has 0 radical (unpaired) electrons. The van der Waals surface area contributed by atoms with E-state index in [1.165, 1.54) is 35.9 Å². The van der Waals surface area contributed by atoms with E-state index < -0.39 is 0 Å². The zero-order valence-corrected chi connectivity index (χ0v) is 16.4. The summed E-state index contributed by atoms with van der Waals surface area (Å²) in [6.07, 6.45) is 5.63. The van der Waals surface area contributed by atoms with Gasteiger partial charge in [-0.05, 0) is 68.1 Å². The third-order valence-corrected chi connectivity index (χ3v) is 5.69. The van der Waals surface area contributed by atoms with Crippen LogP contribution in [-0.4, -0.2) is 15.5 Å². The van der Waals surface area contributed by atoms with E-state index in [0.717, 1.165) is 35.4 Å². The Morgan fingerprint density at radius 3 is 2.48 bits per heavy atom. The maximum absolute atomic E-state index is 12.4. The van der Waals surface area contributed by atoms with E-state index in [-0.39, 0.29) is 11.8 Å². The van der Waals surface area contributed by atoms with Gasteiger partial charge in [-0.2, -0.15) is 0 Å². The molecule has 1 N–H and O–H groups in total. The number of rotatable bonds is 3. The molecule has 140 valence electrons. The molecule has 0 aliphatic heterocycles. The summed E-state index contributed by atoms with van der Waals surface area (Å²) in [5, 5.41) is 3.08. The Balaban J connectivity index is 1.57. The van der Waals surface area contributed by atoms with E-state index in [1.807, 2.05) is 24.3 Å². The fourth-order valence-corrected chi connectivity index (χ4v) is 4.32. The van der Waals surface area contributed by atoms with Crippen LogP contribution in [-0.2, 0) is 11.8 Å². The van der Waals surface area contributed by atoms with Gasteiger partial charge in [-0.3, -0.25) is 4.79 Å². The van der Waals surface area contributed by atoms with Gasteiger partial charge in [0.2, 0.25) is 5.91 Å². The molecule has 27 heavy (non-hydrogen) atoms. The van der Waals surface area contributed by atoms with Crippen molar-refractivity contribution in [3.8, 4) is 11.4 Å². The van der Waals surface area contributed by atoms with Gasteiger partial charge in [-0.1, -0.05) is 25.3 Å². The molecule has 1 heterocycles. The number of carbonyl (C=O) groups is 1. The second-order valence-electron chi connectivity index (χ2n) is 7.85. The van der Waals surface area contributed by atoms with E-state index in [4.69, 9.17) is 4.98 Å². The van der Waals surface area contributed by atoms with Crippen LogP contribution >= 0.6 is 0 Å². The Labute approximate surface area is 160 Å². The molecule has 0 saturated heterocycles. The Morgan fingerprint density at radius 1 is 1.07 bits per heavy atom. The predicted octanol–water partition coefficient (Wildman–Crippen LogP) is 5.38. The third-order valence-electron chi connectivity index (χ3n) is 5.69. The second kappa shape index (κ2) is 7.18. The molecule has 0 unspecified atom stereocenters. The van der Waals surface area contributed by atoms with Crippen LogP contribution in [0.25, 0.3) is 22.4 Å². The van der Waals surface area contributed by atoms with Gasteiger partial charge in [0.05, 0.1) is 11.0 Å². The van der Waals surface area contributed by atoms with E-state index >= 15 is 0 Å². The number of aromatic nitrogens is 2. The molecular formula is C23H27N3O. The van der Waals surface area contributed by atoms with Crippen molar-refractivity contribution in [1.29, 1.82) is 0 Å². The van der Waals surface area contributed by atoms with Crippen molar-refractivity contribution in [3.63, 3.8) is 0 Å². The first-order valence-corrected chi connectivity index (χ1v) is 9.88. The summed E-state index contributed by atoms with van der Waals surface area (Å²) in [5.41, 5.74) is 6.58. The monoisotopic (exact) mass is 361 g/mol. The highest BCUT2D eigenvalue weighted by atomic mass is 16.1. The summed E-state index contributed by atoms with van der Waals surface area (Å²) in [5.74, 6) is 1.28. The van der Waals surface area contributed by atoms with Crippen molar-refractivity contribution in [2.24, 2.45) is 13.0 Å². The lowest BCUT2D eigenvalue weighted by atomic mass is 9.88. The number of fused-ring (bicyclic) bond motifs is 1. The molecule has 0 atom stereocenters. The third kappa shape index (κ3) is 3.48. The second-order valence-corrected chi connectivity index (χ2v) is 7.85. The zero-order valence-electron chi connectivity index (χ0n) is 16.4. The zero-order chi connectivity index (χ0) is 19.0. The molecule has 1 aromatic heterocycles. The highest BCUT2D eigenvalue weighted by Gasteiger charge is 2.21. The van der Waals surface area contributed by atoms with Crippen molar-refractivity contribution in [2.45, 2.75) is 46.0 Å². The van der Waals surface area contributed by atoms with Gasteiger partial charge >= 0.3 is 0 Å². The SMILES string of the molecule is Cc1cc(C)c2c(c1)nc(-c1ccc(NC(=O)C3CCCCC3)cc1)n2C. The van der Waals surface area contributed by atoms with E-state index in [0.29, 0.717) is 0 Å². The standard InChI is InChI=1S/C23H27N3O/c1-15-13-16(2)21-20(14-15)25-22(26(21)3)17-9-11-19(12-10-17)24-23(27)18-7-5-4-6-8-18/h9-14,18H,4-8H2,1-3H3,(H,24,27). The minimum Gasteiger partial charge on any atom is -0.327 e. The topological polar surface area (TPSA) is 46.9 Å². The lowest BCUT2D eigenvalue weighted by Gasteiger charge is -2.20. The first-order valence-electron chi connectivity index (χ1n) is 9.88. The number of aryl methyl sites for hydroxylation is 3. The molecule has 2 aromatic carbocycles. The number of nitrogens with one attached hydrogen (secondary N) is 1. The molecule has 4 heteroatoms. The van der Waals surface area contributed by atoms with Gasteiger partial charge in [-0.25, -0.2) is 4.98 Å². The highest BCUT2D eigenvalue weighted by Crippen LogP contribution is 2.28. The largest absolute Gasteiger partial charge is 0.327 e. The number of imidazole rings is 1. The number of benzene rings is 2. The van der Waals surface area contributed by atoms with Gasteiger partial charge in [0.15, 0.2) is 0 Å². The predicted molar refractivity (Wildman–Crippen MR) is 111 cm³/mol. The van der Waals surface area contributed by atoms with Crippen molar-refractivity contribution >= 4 is 22.6 Å². The van der Waals surface area contributed by atoms with Gasteiger partial charge in [0, 0.05) is 24.2 Å².